The minimum atomic E-state index is 0.694. The number of nitriles is 1. The van der Waals surface area contributed by atoms with Gasteiger partial charge in [-0.2, -0.15) is 5.26 Å². The largest absolute Gasteiger partial charge is 0.358 e. The second-order valence-electron chi connectivity index (χ2n) is 5.38. The molecule has 0 aliphatic rings. The molecule has 2 aromatic carbocycles. The predicted octanol–water partition coefficient (Wildman–Crippen LogP) is 5.17. The molecule has 0 aliphatic carbocycles. The summed E-state index contributed by atoms with van der Waals surface area (Å²) < 4.78 is 0. The average Bonchev–Trinajstić information content (AvgIpc) is 3.00. The van der Waals surface area contributed by atoms with E-state index in [4.69, 9.17) is 5.26 Å². The van der Waals surface area contributed by atoms with Crippen molar-refractivity contribution in [3.8, 4) is 28.5 Å². The molecule has 0 aliphatic heterocycles. The molecule has 1 heterocycles. The monoisotopic (exact) mass is 286 g/mol. The first-order valence-corrected chi connectivity index (χ1v) is 7.59. The smallest absolute Gasteiger partial charge is 0.0991 e. The van der Waals surface area contributed by atoms with Crippen molar-refractivity contribution in [2.45, 2.75) is 19.8 Å². The fraction of sp³-hybridized carbons (Fsp3) is 0.150. The lowest BCUT2D eigenvalue weighted by Crippen LogP contribution is -1.87. The maximum atomic E-state index is 8.93. The third-order valence-electron chi connectivity index (χ3n) is 3.81. The summed E-state index contributed by atoms with van der Waals surface area (Å²) in [6.07, 6.45) is 2.11. The van der Waals surface area contributed by atoms with Crippen molar-refractivity contribution in [2.24, 2.45) is 0 Å². The summed E-state index contributed by atoms with van der Waals surface area (Å²) in [7, 11) is 0. The predicted molar refractivity (Wildman–Crippen MR) is 90.4 cm³/mol. The topological polar surface area (TPSA) is 39.6 Å². The van der Waals surface area contributed by atoms with E-state index < -0.39 is 0 Å². The number of hydrogen-bond donors (Lipinski definition) is 1. The Kier molecular flexibility index (Phi) is 4.07. The first-order valence-electron chi connectivity index (χ1n) is 7.59. The number of aromatic nitrogens is 1. The van der Waals surface area contributed by atoms with E-state index in [1.54, 1.807) is 0 Å². The Morgan fingerprint density at radius 2 is 1.68 bits per heavy atom. The summed E-state index contributed by atoms with van der Waals surface area (Å²) in [6.45, 7) is 2.19. The van der Waals surface area contributed by atoms with E-state index in [0.717, 1.165) is 24.1 Å². The zero-order valence-corrected chi connectivity index (χ0v) is 12.6. The lowest BCUT2D eigenvalue weighted by molar-refractivity contribution is 0.895. The van der Waals surface area contributed by atoms with Crippen molar-refractivity contribution in [1.29, 1.82) is 5.26 Å². The molecule has 0 unspecified atom stereocenters. The highest BCUT2D eigenvalue weighted by molar-refractivity contribution is 5.74. The second kappa shape index (κ2) is 6.32. The number of aryl methyl sites for hydroxylation is 1. The third kappa shape index (κ3) is 2.80. The summed E-state index contributed by atoms with van der Waals surface area (Å²) in [5.74, 6) is 0. The van der Waals surface area contributed by atoms with Crippen LogP contribution >= 0.6 is 0 Å². The van der Waals surface area contributed by atoms with E-state index in [9.17, 15) is 0 Å². The van der Waals surface area contributed by atoms with Gasteiger partial charge < -0.3 is 4.98 Å². The molecule has 0 saturated heterocycles. The van der Waals surface area contributed by atoms with Crippen LogP contribution in [0, 0.1) is 11.3 Å². The third-order valence-corrected chi connectivity index (χ3v) is 3.81. The molecule has 1 aromatic heterocycles. The Bertz CT molecular complexity index is 790. The van der Waals surface area contributed by atoms with E-state index >= 15 is 0 Å². The van der Waals surface area contributed by atoms with Gasteiger partial charge in [-0.3, -0.25) is 0 Å². The second-order valence-corrected chi connectivity index (χ2v) is 5.38. The van der Waals surface area contributed by atoms with Crippen molar-refractivity contribution in [3.05, 3.63) is 71.9 Å². The van der Waals surface area contributed by atoms with Crippen LogP contribution in [0.1, 0.15) is 24.6 Å². The van der Waals surface area contributed by atoms with Crippen LogP contribution in [0.25, 0.3) is 22.4 Å². The molecule has 1 N–H and O–H groups in total. The first kappa shape index (κ1) is 14.2. The van der Waals surface area contributed by atoms with Crippen molar-refractivity contribution in [1.82, 2.24) is 4.98 Å². The van der Waals surface area contributed by atoms with Gasteiger partial charge in [0.15, 0.2) is 0 Å². The van der Waals surface area contributed by atoms with Crippen LogP contribution in [0.3, 0.4) is 0 Å². The van der Waals surface area contributed by atoms with E-state index in [-0.39, 0.29) is 0 Å². The van der Waals surface area contributed by atoms with Gasteiger partial charge in [0.25, 0.3) is 0 Å². The van der Waals surface area contributed by atoms with Crippen LogP contribution in [0.15, 0.2) is 60.7 Å². The summed E-state index contributed by atoms with van der Waals surface area (Å²) in [5.41, 5.74) is 6.67. The molecule has 0 saturated carbocycles. The number of benzene rings is 2. The average molecular weight is 286 g/mol. The lowest BCUT2D eigenvalue weighted by Gasteiger charge is -2.03. The van der Waals surface area contributed by atoms with Gasteiger partial charge in [-0.1, -0.05) is 55.8 Å². The first-order chi connectivity index (χ1) is 10.8. The summed E-state index contributed by atoms with van der Waals surface area (Å²) in [6, 6.07) is 22.5. The molecular formula is C20H18N2. The van der Waals surface area contributed by atoms with Gasteiger partial charge in [-0.15, -0.1) is 0 Å². The molecule has 22 heavy (non-hydrogen) atoms. The highest BCUT2D eigenvalue weighted by atomic mass is 14.7. The number of nitrogens with zero attached hydrogens (tertiary/aromatic N) is 1. The number of H-pyrrole nitrogens is 1. The van der Waals surface area contributed by atoms with Crippen LogP contribution in [-0.4, -0.2) is 4.98 Å². The molecule has 2 heteroatoms. The van der Waals surface area contributed by atoms with Gasteiger partial charge >= 0.3 is 0 Å². The van der Waals surface area contributed by atoms with Gasteiger partial charge in [0, 0.05) is 17.0 Å². The normalized spacial score (nSPS) is 10.4. The van der Waals surface area contributed by atoms with Gasteiger partial charge in [0.05, 0.1) is 11.6 Å². The molecule has 0 amide bonds. The molecule has 0 spiro atoms. The minimum Gasteiger partial charge on any atom is -0.358 e. The number of hydrogen-bond acceptors (Lipinski definition) is 1. The molecule has 2 nitrogen and oxygen atoms in total. The van der Waals surface area contributed by atoms with E-state index in [0.29, 0.717) is 5.56 Å². The minimum absolute atomic E-state index is 0.694. The standard InChI is InChI=1S/C20H18N2/c1-2-6-19-18(16-11-9-15(14-21)10-12-16)13-20(22-19)17-7-4-3-5-8-17/h3-5,7-13,22H,2,6H2,1H3. The highest BCUT2D eigenvalue weighted by Crippen LogP contribution is 2.30. The Morgan fingerprint density at radius 3 is 2.32 bits per heavy atom. The van der Waals surface area contributed by atoms with Crippen molar-refractivity contribution < 1.29 is 0 Å². The molecule has 0 radical (unpaired) electrons. The van der Waals surface area contributed by atoms with Crippen molar-refractivity contribution in [2.75, 3.05) is 0 Å². The van der Waals surface area contributed by atoms with E-state index in [2.05, 4.69) is 48.3 Å². The fourth-order valence-electron chi connectivity index (χ4n) is 2.70. The summed E-state index contributed by atoms with van der Waals surface area (Å²) >= 11 is 0. The van der Waals surface area contributed by atoms with Crippen LogP contribution < -0.4 is 0 Å². The molecule has 0 atom stereocenters. The Morgan fingerprint density at radius 1 is 0.955 bits per heavy atom. The van der Waals surface area contributed by atoms with Crippen LogP contribution in [0.2, 0.25) is 0 Å². The SMILES string of the molecule is CCCc1[nH]c(-c2ccccc2)cc1-c1ccc(C#N)cc1. The quantitative estimate of drug-likeness (QED) is 0.705. The van der Waals surface area contributed by atoms with Gasteiger partial charge in [-0.05, 0) is 35.7 Å². The summed E-state index contributed by atoms with van der Waals surface area (Å²) in [4.78, 5) is 3.56. The molecule has 0 bridgehead atoms. The molecule has 0 fully saturated rings. The van der Waals surface area contributed by atoms with Gasteiger partial charge in [0.1, 0.15) is 0 Å². The Balaban J connectivity index is 2.05. The van der Waals surface area contributed by atoms with Gasteiger partial charge in [0.2, 0.25) is 0 Å². The van der Waals surface area contributed by atoms with Crippen LogP contribution in [-0.2, 0) is 6.42 Å². The zero-order chi connectivity index (χ0) is 15.4. The lowest BCUT2D eigenvalue weighted by atomic mass is 10.0. The fourth-order valence-corrected chi connectivity index (χ4v) is 2.70. The van der Waals surface area contributed by atoms with Crippen molar-refractivity contribution in [3.63, 3.8) is 0 Å². The number of aromatic amines is 1. The maximum absolute atomic E-state index is 8.93. The highest BCUT2D eigenvalue weighted by Gasteiger charge is 2.11. The number of rotatable bonds is 4. The van der Waals surface area contributed by atoms with Crippen LogP contribution in [0.4, 0.5) is 0 Å². The molecule has 3 rings (SSSR count). The zero-order valence-electron chi connectivity index (χ0n) is 12.6. The molecular weight excluding hydrogens is 268 g/mol. The van der Waals surface area contributed by atoms with E-state index in [1.165, 1.54) is 16.8 Å². The Labute approximate surface area is 131 Å². The van der Waals surface area contributed by atoms with Gasteiger partial charge in [-0.25, -0.2) is 0 Å². The molecule has 108 valence electrons. The number of nitrogens with one attached hydrogen (secondary N) is 1. The van der Waals surface area contributed by atoms with Crippen molar-refractivity contribution >= 4 is 0 Å². The van der Waals surface area contributed by atoms with E-state index in [1.807, 2.05) is 30.3 Å². The molecule has 3 aromatic rings. The maximum Gasteiger partial charge on any atom is 0.0991 e. The Hall–Kier alpha value is -2.79. The van der Waals surface area contributed by atoms with Crippen LogP contribution in [0.5, 0.6) is 0 Å². The summed E-state index contributed by atoms with van der Waals surface area (Å²) in [5, 5.41) is 8.93.